The Morgan fingerprint density at radius 1 is 0.943 bits per heavy atom. The molecule has 0 saturated carbocycles. The second-order valence-electron chi connectivity index (χ2n) is 8.15. The molecule has 9 nitrogen and oxygen atoms in total. The number of sulfonamides is 1. The SMILES string of the molecule is CC(C)CC(=O)Nc1ccc(C(=O)COC(=O)c2ccc(S(=O)(=O)NCc3ccco3)cc2)cc1. The summed E-state index contributed by atoms with van der Waals surface area (Å²) in [7, 11) is -3.80. The number of furan rings is 1. The lowest BCUT2D eigenvalue weighted by atomic mass is 10.1. The third kappa shape index (κ3) is 7.62. The maximum Gasteiger partial charge on any atom is 0.338 e. The minimum Gasteiger partial charge on any atom is -0.468 e. The number of ether oxygens (including phenoxy) is 1. The van der Waals surface area contributed by atoms with E-state index in [4.69, 9.17) is 9.15 Å². The van der Waals surface area contributed by atoms with Gasteiger partial charge in [-0.25, -0.2) is 17.9 Å². The molecule has 0 bridgehead atoms. The molecular formula is C25H26N2O7S. The third-order valence-corrected chi connectivity index (χ3v) is 6.25. The van der Waals surface area contributed by atoms with Crippen molar-refractivity contribution in [3.8, 4) is 0 Å². The van der Waals surface area contributed by atoms with Gasteiger partial charge in [-0.2, -0.15) is 0 Å². The van der Waals surface area contributed by atoms with Crippen molar-refractivity contribution >= 4 is 33.4 Å². The highest BCUT2D eigenvalue weighted by molar-refractivity contribution is 7.89. The van der Waals surface area contributed by atoms with Gasteiger partial charge < -0.3 is 14.5 Å². The predicted octanol–water partition coefficient (Wildman–Crippen LogP) is 3.78. The number of hydrogen-bond donors (Lipinski definition) is 2. The second-order valence-corrected chi connectivity index (χ2v) is 9.92. The topological polar surface area (TPSA) is 132 Å². The van der Waals surface area contributed by atoms with E-state index in [1.807, 2.05) is 13.8 Å². The maximum atomic E-state index is 12.4. The average molecular weight is 499 g/mol. The lowest BCUT2D eigenvalue weighted by Crippen LogP contribution is -2.23. The summed E-state index contributed by atoms with van der Waals surface area (Å²) in [6, 6.07) is 14.7. The molecule has 0 fully saturated rings. The van der Waals surface area contributed by atoms with Gasteiger partial charge in [-0.05, 0) is 66.6 Å². The monoisotopic (exact) mass is 498 g/mol. The van der Waals surface area contributed by atoms with Crippen molar-refractivity contribution in [3.63, 3.8) is 0 Å². The fraction of sp³-hybridized carbons (Fsp3) is 0.240. The maximum absolute atomic E-state index is 12.4. The summed E-state index contributed by atoms with van der Waals surface area (Å²) in [4.78, 5) is 36.4. The second kappa shape index (κ2) is 11.6. The van der Waals surface area contributed by atoms with E-state index in [2.05, 4.69) is 10.0 Å². The Hall–Kier alpha value is -3.76. The van der Waals surface area contributed by atoms with Gasteiger partial charge in [0.05, 0.1) is 23.3 Å². The van der Waals surface area contributed by atoms with Crippen LogP contribution in [0.15, 0.2) is 76.2 Å². The van der Waals surface area contributed by atoms with Crippen molar-refractivity contribution in [2.75, 3.05) is 11.9 Å². The number of carbonyl (C=O) groups excluding carboxylic acids is 3. The Morgan fingerprint density at radius 3 is 2.20 bits per heavy atom. The lowest BCUT2D eigenvalue weighted by Gasteiger charge is -2.09. The number of carbonyl (C=O) groups is 3. The fourth-order valence-corrected chi connectivity index (χ4v) is 4.05. The van der Waals surface area contributed by atoms with E-state index in [-0.39, 0.29) is 28.8 Å². The summed E-state index contributed by atoms with van der Waals surface area (Å²) in [5.74, 6) is -0.595. The highest BCUT2D eigenvalue weighted by Crippen LogP contribution is 2.14. The summed E-state index contributed by atoms with van der Waals surface area (Å²) in [6.45, 7) is 3.40. The standard InChI is InChI=1S/C25H26N2O7S/c1-17(2)14-24(29)27-20-9-5-18(6-10-20)23(28)16-34-25(30)19-7-11-22(12-8-19)35(31,32)26-15-21-4-3-13-33-21/h3-13,17,26H,14-16H2,1-2H3,(H,27,29). The first kappa shape index (κ1) is 25.9. The van der Waals surface area contributed by atoms with Crippen LogP contribution in [0.2, 0.25) is 0 Å². The molecule has 10 heteroatoms. The van der Waals surface area contributed by atoms with Crippen LogP contribution in [0.5, 0.6) is 0 Å². The Balaban J connectivity index is 1.51. The van der Waals surface area contributed by atoms with Crippen molar-refractivity contribution in [1.82, 2.24) is 4.72 Å². The molecule has 0 saturated heterocycles. The molecule has 1 aromatic heterocycles. The Morgan fingerprint density at radius 2 is 1.60 bits per heavy atom. The first-order chi connectivity index (χ1) is 16.6. The van der Waals surface area contributed by atoms with Gasteiger partial charge in [0, 0.05) is 17.7 Å². The van der Waals surface area contributed by atoms with Crippen LogP contribution in [-0.4, -0.2) is 32.7 Å². The highest BCUT2D eigenvalue weighted by atomic mass is 32.2. The number of nitrogens with one attached hydrogen (secondary N) is 2. The molecule has 0 atom stereocenters. The number of ketones is 1. The van der Waals surface area contributed by atoms with Gasteiger partial charge in [0.15, 0.2) is 12.4 Å². The zero-order valence-electron chi connectivity index (χ0n) is 19.3. The van der Waals surface area contributed by atoms with E-state index in [0.717, 1.165) is 0 Å². The third-order valence-electron chi connectivity index (χ3n) is 4.84. The lowest BCUT2D eigenvalue weighted by molar-refractivity contribution is -0.116. The minimum atomic E-state index is -3.80. The van der Waals surface area contributed by atoms with Crippen LogP contribution >= 0.6 is 0 Å². The van der Waals surface area contributed by atoms with E-state index >= 15 is 0 Å². The smallest absolute Gasteiger partial charge is 0.338 e. The molecule has 0 aliphatic heterocycles. The number of amides is 1. The van der Waals surface area contributed by atoms with E-state index in [0.29, 0.717) is 23.4 Å². The van der Waals surface area contributed by atoms with Crippen LogP contribution in [0.1, 0.15) is 46.7 Å². The van der Waals surface area contributed by atoms with E-state index in [1.54, 1.807) is 24.3 Å². The molecule has 2 aromatic carbocycles. The molecule has 2 N–H and O–H groups in total. The predicted molar refractivity (Wildman–Crippen MR) is 128 cm³/mol. The van der Waals surface area contributed by atoms with Crippen molar-refractivity contribution in [2.45, 2.75) is 31.7 Å². The van der Waals surface area contributed by atoms with E-state index < -0.39 is 28.4 Å². The molecule has 1 amide bonds. The number of Topliss-reactive ketones (excluding diaryl/α,β-unsaturated/α-hetero) is 1. The first-order valence-electron chi connectivity index (χ1n) is 10.9. The van der Waals surface area contributed by atoms with E-state index in [9.17, 15) is 22.8 Å². The summed E-state index contributed by atoms with van der Waals surface area (Å²) in [5, 5.41) is 2.75. The van der Waals surface area contributed by atoms with Gasteiger partial charge in [0.2, 0.25) is 15.9 Å². The van der Waals surface area contributed by atoms with Crippen molar-refractivity contribution < 1.29 is 32.0 Å². The Bertz CT molecular complexity index is 1260. The molecule has 0 radical (unpaired) electrons. The van der Waals surface area contributed by atoms with E-state index in [1.165, 1.54) is 42.7 Å². The normalized spacial score (nSPS) is 11.3. The summed E-state index contributed by atoms with van der Waals surface area (Å²) in [6.07, 6.45) is 1.84. The number of rotatable bonds is 11. The molecule has 0 unspecified atom stereocenters. The molecule has 0 aliphatic carbocycles. The van der Waals surface area contributed by atoms with Crippen molar-refractivity contribution in [3.05, 3.63) is 83.8 Å². The summed E-state index contributed by atoms with van der Waals surface area (Å²) in [5.41, 5.74) is 0.993. The molecule has 0 aliphatic rings. The largest absolute Gasteiger partial charge is 0.468 e. The molecule has 3 rings (SSSR count). The Labute approximate surface area is 203 Å². The van der Waals surface area contributed by atoms with Gasteiger partial charge in [-0.3, -0.25) is 9.59 Å². The number of benzene rings is 2. The average Bonchev–Trinajstić information content (AvgIpc) is 3.35. The van der Waals surface area contributed by atoms with Crippen LogP contribution in [-0.2, 0) is 26.1 Å². The molecule has 1 heterocycles. The molecule has 0 spiro atoms. The van der Waals surface area contributed by atoms with Gasteiger partial charge in [0.1, 0.15) is 5.76 Å². The summed E-state index contributed by atoms with van der Waals surface area (Å²) >= 11 is 0. The van der Waals surface area contributed by atoms with Crippen LogP contribution in [0, 0.1) is 5.92 Å². The molecule has 3 aromatic rings. The van der Waals surface area contributed by atoms with Gasteiger partial charge in [-0.1, -0.05) is 13.8 Å². The van der Waals surface area contributed by atoms with Crippen LogP contribution in [0.4, 0.5) is 5.69 Å². The quantitative estimate of drug-likeness (QED) is 0.304. The fourth-order valence-electron chi connectivity index (χ4n) is 3.05. The zero-order valence-corrected chi connectivity index (χ0v) is 20.1. The van der Waals surface area contributed by atoms with Crippen molar-refractivity contribution in [1.29, 1.82) is 0 Å². The Kier molecular flexibility index (Phi) is 8.56. The van der Waals surface area contributed by atoms with Gasteiger partial charge in [0.25, 0.3) is 0 Å². The van der Waals surface area contributed by atoms with Crippen molar-refractivity contribution in [2.24, 2.45) is 5.92 Å². The molecule has 35 heavy (non-hydrogen) atoms. The molecular weight excluding hydrogens is 472 g/mol. The van der Waals surface area contributed by atoms with Crippen LogP contribution < -0.4 is 10.0 Å². The number of hydrogen-bond acceptors (Lipinski definition) is 7. The first-order valence-corrected chi connectivity index (χ1v) is 12.3. The highest BCUT2D eigenvalue weighted by Gasteiger charge is 2.17. The van der Waals surface area contributed by atoms with Crippen LogP contribution in [0.3, 0.4) is 0 Å². The summed E-state index contributed by atoms with van der Waals surface area (Å²) < 4.78 is 37.3. The number of esters is 1. The molecule has 184 valence electrons. The minimum absolute atomic E-state index is 0.00741. The van der Waals surface area contributed by atoms with Gasteiger partial charge >= 0.3 is 5.97 Å². The number of anilines is 1. The zero-order chi connectivity index (χ0) is 25.4. The van der Waals surface area contributed by atoms with Crippen LogP contribution in [0.25, 0.3) is 0 Å². The van der Waals surface area contributed by atoms with Gasteiger partial charge in [-0.15, -0.1) is 0 Å².